The molecule has 3 saturated heterocycles. The first-order chi connectivity index (χ1) is 14.9. The number of piperidine rings is 2. The molecule has 4 nitrogen and oxygen atoms in total. The molecular weight excluding hydrogens is 380 g/mol. The molecule has 0 unspecified atom stereocenters. The van der Waals surface area contributed by atoms with E-state index in [1.54, 1.807) is 0 Å². The molecule has 0 amide bonds. The van der Waals surface area contributed by atoms with Gasteiger partial charge in [-0.2, -0.15) is 0 Å². The van der Waals surface area contributed by atoms with E-state index in [2.05, 4.69) is 71.6 Å². The summed E-state index contributed by atoms with van der Waals surface area (Å²) in [5.74, 6) is 1.80. The van der Waals surface area contributed by atoms with E-state index in [-0.39, 0.29) is 0 Å². The van der Waals surface area contributed by atoms with Crippen molar-refractivity contribution in [2.45, 2.75) is 58.9 Å². The Labute approximate surface area is 191 Å². The predicted molar refractivity (Wildman–Crippen MR) is 133 cm³/mol. The number of aryl methyl sites for hydroxylation is 1. The normalized spacial score (nSPS) is 24.1. The molecule has 1 aromatic carbocycles. The van der Waals surface area contributed by atoms with Gasteiger partial charge in [0.25, 0.3) is 0 Å². The van der Waals surface area contributed by atoms with Gasteiger partial charge < -0.3 is 14.7 Å². The van der Waals surface area contributed by atoms with Crippen molar-refractivity contribution < 1.29 is 0 Å². The van der Waals surface area contributed by atoms with E-state index >= 15 is 0 Å². The van der Waals surface area contributed by atoms with Crippen molar-refractivity contribution in [2.24, 2.45) is 11.8 Å². The Balaban J connectivity index is 1.12. The standard InChI is InChI=1S/C27H46N4/c1-23-5-7-26(8-6-23)30-13-9-24(10-14-30)21-28-17-19-29(20-18-28)22-25-11-15-31(16-12-25)27(2,3)4/h5-8,24-25H,9-22H2,1-4H3. The number of benzene rings is 1. The van der Waals surface area contributed by atoms with Crippen LogP contribution in [0.1, 0.15) is 52.0 Å². The minimum absolute atomic E-state index is 0.340. The molecule has 1 aromatic rings. The zero-order valence-electron chi connectivity index (χ0n) is 20.7. The van der Waals surface area contributed by atoms with Gasteiger partial charge >= 0.3 is 0 Å². The van der Waals surface area contributed by atoms with Crippen LogP contribution < -0.4 is 4.90 Å². The Morgan fingerprint density at radius 1 is 0.677 bits per heavy atom. The van der Waals surface area contributed by atoms with Gasteiger partial charge in [-0.25, -0.2) is 0 Å². The van der Waals surface area contributed by atoms with Crippen LogP contribution in [-0.2, 0) is 0 Å². The Kier molecular flexibility index (Phi) is 7.61. The Morgan fingerprint density at radius 2 is 1.13 bits per heavy atom. The number of anilines is 1. The van der Waals surface area contributed by atoms with Crippen molar-refractivity contribution in [3.8, 4) is 0 Å². The van der Waals surface area contributed by atoms with Crippen LogP contribution in [0.2, 0.25) is 0 Å². The lowest BCUT2D eigenvalue weighted by molar-refractivity contribution is 0.0580. The summed E-state index contributed by atoms with van der Waals surface area (Å²) in [4.78, 5) is 10.8. The molecule has 3 aliphatic heterocycles. The Morgan fingerprint density at radius 3 is 1.58 bits per heavy atom. The first-order valence-electron chi connectivity index (χ1n) is 12.9. The smallest absolute Gasteiger partial charge is 0.0366 e. The summed E-state index contributed by atoms with van der Waals surface area (Å²) < 4.78 is 0. The number of hydrogen-bond acceptors (Lipinski definition) is 4. The maximum atomic E-state index is 2.76. The van der Waals surface area contributed by atoms with Gasteiger partial charge in [-0.3, -0.25) is 4.90 Å². The van der Waals surface area contributed by atoms with Crippen LogP contribution in [-0.4, -0.2) is 85.7 Å². The largest absolute Gasteiger partial charge is 0.372 e. The third-order valence-electron chi connectivity index (χ3n) is 8.07. The fraction of sp³-hybridized carbons (Fsp3) is 0.778. The molecule has 0 aromatic heterocycles. The molecule has 0 bridgehead atoms. The summed E-state index contributed by atoms with van der Waals surface area (Å²) >= 11 is 0. The number of piperazine rings is 1. The molecular formula is C27H46N4. The molecule has 3 fully saturated rings. The lowest BCUT2D eigenvalue weighted by Crippen LogP contribution is -2.51. The molecule has 4 rings (SSSR count). The van der Waals surface area contributed by atoms with Gasteiger partial charge in [-0.1, -0.05) is 17.7 Å². The Bertz CT molecular complexity index is 655. The topological polar surface area (TPSA) is 13.0 Å². The molecule has 0 radical (unpaired) electrons. The molecule has 4 heteroatoms. The van der Waals surface area contributed by atoms with Crippen LogP contribution in [0.15, 0.2) is 24.3 Å². The third kappa shape index (κ3) is 6.46. The highest BCUT2D eigenvalue weighted by molar-refractivity contribution is 5.47. The highest BCUT2D eigenvalue weighted by atomic mass is 15.3. The summed E-state index contributed by atoms with van der Waals surface area (Å²) in [6.45, 7) is 22.0. The van der Waals surface area contributed by atoms with Crippen LogP contribution in [0.3, 0.4) is 0 Å². The van der Waals surface area contributed by atoms with E-state index in [0.717, 1.165) is 11.8 Å². The van der Waals surface area contributed by atoms with Gasteiger partial charge in [0.05, 0.1) is 0 Å². The van der Waals surface area contributed by atoms with Crippen molar-refractivity contribution in [1.82, 2.24) is 14.7 Å². The van der Waals surface area contributed by atoms with Crippen molar-refractivity contribution in [2.75, 3.05) is 70.3 Å². The SMILES string of the molecule is Cc1ccc(N2CCC(CN3CCN(CC4CCN(C(C)(C)C)CC4)CC3)CC2)cc1. The molecule has 174 valence electrons. The summed E-state index contributed by atoms with van der Waals surface area (Å²) in [6, 6.07) is 9.08. The lowest BCUT2D eigenvalue weighted by Gasteiger charge is -2.43. The van der Waals surface area contributed by atoms with E-state index in [1.165, 1.54) is 102 Å². The summed E-state index contributed by atoms with van der Waals surface area (Å²) in [7, 11) is 0. The van der Waals surface area contributed by atoms with E-state index in [1.807, 2.05) is 0 Å². The third-order valence-corrected chi connectivity index (χ3v) is 8.07. The van der Waals surface area contributed by atoms with Crippen LogP contribution >= 0.6 is 0 Å². The number of rotatable bonds is 5. The summed E-state index contributed by atoms with van der Waals surface area (Å²) in [5, 5.41) is 0. The van der Waals surface area contributed by atoms with E-state index in [0.29, 0.717) is 5.54 Å². The minimum Gasteiger partial charge on any atom is -0.372 e. The van der Waals surface area contributed by atoms with E-state index < -0.39 is 0 Å². The summed E-state index contributed by atoms with van der Waals surface area (Å²) in [6.07, 6.45) is 5.47. The quantitative estimate of drug-likeness (QED) is 0.694. The number of hydrogen-bond donors (Lipinski definition) is 0. The highest BCUT2D eigenvalue weighted by Crippen LogP contribution is 2.26. The van der Waals surface area contributed by atoms with Crippen molar-refractivity contribution in [3.63, 3.8) is 0 Å². The van der Waals surface area contributed by atoms with E-state index in [9.17, 15) is 0 Å². The van der Waals surface area contributed by atoms with Crippen molar-refractivity contribution in [1.29, 1.82) is 0 Å². The molecule has 31 heavy (non-hydrogen) atoms. The fourth-order valence-corrected chi connectivity index (χ4v) is 5.80. The highest BCUT2D eigenvalue weighted by Gasteiger charge is 2.29. The molecule has 3 aliphatic rings. The minimum atomic E-state index is 0.340. The van der Waals surface area contributed by atoms with Gasteiger partial charge in [0.2, 0.25) is 0 Å². The van der Waals surface area contributed by atoms with Gasteiger partial charge in [0.15, 0.2) is 0 Å². The van der Waals surface area contributed by atoms with Gasteiger partial charge in [-0.15, -0.1) is 0 Å². The average molecular weight is 427 g/mol. The first kappa shape index (κ1) is 23.1. The second-order valence-corrected chi connectivity index (χ2v) is 11.5. The monoisotopic (exact) mass is 426 g/mol. The van der Waals surface area contributed by atoms with Crippen LogP contribution in [0.5, 0.6) is 0 Å². The fourth-order valence-electron chi connectivity index (χ4n) is 5.80. The molecule has 0 spiro atoms. The maximum Gasteiger partial charge on any atom is 0.0366 e. The predicted octanol–water partition coefficient (Wildman–Crippen LogP) is 4.34. The Hall–Kier alpha value is -1.10. The van der Waals surface area contributed by atoms with Crippen LogP contribution in [0.25, 0.3) is 0 Å². The average Bonchev–Trinajstić information content (AvgIpc) is 2.76. The summed E-state index contributed by atoms with van der Waals surface area (Å²) in [5.41, 5.74) is 3.10. The molecule has 0 atom stereocenters. The van der Waals surface area contributed by atoms with Crippen LogP contribution in [0, 0.1) is 18.8 Å². The zero-order chi connectivity index (χ0) is 21.8. The molecule has 0 aliphatic carbocycles. The van der Waals surface area contributed by atoms with Gasteiger partial charge in [0, 0.05) is 63.6 Å². The molecule has 0 saturated carbocycles. The number of nitrogens with zero attached hydrogens (tertiary/aromatic N) is 4. The van der Waals surface area contributed by atoms with Gasteiger partial charge in [0.1, 0.15) is 0 Å². The number of likely N-dealkylation sites (tertiary alicyclic amines) is 1. The molecule has 0 N–H and O–H groups in total. The second-order valence-electron chi connectivity index (χ2n) is 11.5. The maximum absolute atomic E-state index is 2.76. The first-order valence-corrected chi connectivity index (χ1v) is 12.9. The van der Waals surface area contributed by atoms with Crippen molar-refractivity contribution >= 4 is 5.69 Å². The van der Waals surface area contributed by atoms with E-state index in [4.69, 9.17) is 0 Å². The lowest BCUT2D eigenvalue weighted by atomic mass is 9.92. The van der Waals surface area contributed by atoms with Crippen LogP contribution in [0.4, 0.5) is 5.69 Å². The van der Waals surface area contributed by atoms with Crippen molar-refractivity contribution in [3.05, 3.63) is 29.8 Å². The molecule has 3 heterocycles. The van der Waals surface area contributed by atoms with Gasteiger partial charge in [-0.05, 0) is 90.4 Å². The zero-order valence-corrected chi connectivity index (χ0v) is 20.7. The second kappa shape index (κ2) is 10.2.